The summed E-state index contributed by atoms with van der Waals surface area (Å²) in [5.74, 6) is -0.495. The summed E-state index contributed by atoms with van der Waals surface area (Å²) in [4.78, 5) is 20.3. The second-order valence-corrected chi connectivity index (χ2v) is 1.35. The molecule has 0 saturated carbocycles. The Morgan fingerprint density at radius 3 is 2.44 bits per heavy atom. The number of allylic oxidation sites excluding steroid dienone is 1. The van der Waals surface area contributed by atoms with E-state index >= 15 is 0 Å². The Kier molecular flexibility index (Phi) is 3.12. The first-order valence-corrected chi connectivity index (χ1v) is 2.40. The van der Waals surface area contributed by atoms with Crippen LogP contribution in [0, 0.1) is 0 Å². The summed E-state index contributed by atoms with van der Waals surface area (Å²) in [7, 11) is 0. The zero-order valence-corrected chi connectivity index (χ0v) is 5.05. The van der Waals surface area contributed by atoms with E-state index in [0.717, 1.165) is 0 Å². The molecule has 0 radical (unpaired) electrons. The van der Waals surface area contributed by atoms with Crippen molar-refractivity contribution in [2.24, 2.45) is 5.73 Å². The topological polar surface area (TPSA) is 72.2 Å². The SMILES string of the molecule is C/C=C\C(=O)NC(N)=O. The summed E-state index contributed by atoms with van der Waals surface area (Å²) in [6.07, 6.45) is 2.73. The Morgan fingerprint density at radius 1 is 1.56 bits per heavy atom. The van der Waals surface area contributed by atoms with Crippen LogP contribution in [-0.2, 0) is 4.79 Å². The van der Waals surface area contributed by atoms with E-state index in [1.54, 1.807) is 6.92 Å². The van der Waals surface area contributed by atoms with E-state index < -0.39 is 11.9 Å². The third kappa shape index (κ3) is 4.53. The van der Waals surface area contributed by atoms with Crippen molar-refractivity contribution in [2.75, 3.05) is 0 Å². The molecule has 0 aromatic heterocycles. The summed E-state index contributed by atoms with van der Waals surface area (Å²) in [5, 5.41) is 1.86. The van der Waals surface area contributed by atoms with Crippen LogP contribution in [-0.4, -0.2) is 11.9 Å². The lowest BCUT2D eigenvalue weighted by Gasteiger charge is -1.90. The van der Waals surface area contributed by atoms with Crippen LogP contribution in [0.25, 0.3) is 0 Å². The highest BCUT2D eigenvalue weighted by molar-refractivity contribution is 5.99. The molecule has 0 spiro atoms. The van der Waals surface area contributed by atoms with Crippen LogP contribution >= 0.6 is 0 Å². The molecule has 3 N–H and O–H groups in total. The minimum absolute atomic E-state index is 0.495. The van der Waals surface area contributed by atoms with Crippen LogP contribution in [0.4, 0.5) is 4.79 Å². The van der Waals surface area contributed by atoms with Crippen molar-refractivity contribution in [3.05, 3.63) is 12.2 Å². The van der Waals surface area contributed by atoms with Gasteiger partial charge in [-0.05, 0) is 13.0 Å². The van der Waals surface area contributed by atoms with Gasteiger partial charge in [0.2, 0.25) is 0 Å². The van der Waals surface area contributed by atoms with Gasteiger partial charge in [0.1, 0.15) is 0 Å². The molecule has 0 aliphatic heterocycles. The minimum atomic E-state index is -0.835. The van der Waals surface area contributed by atoms with Gasteiger partial charge in [-0.15, -0.1) is 0 Å². The van der Waals surface area contributed by atoms with E-state index in [1.165, 1.54) is 12.2 Å². The van der Waals surface area contributed by atoms with Crippen molar-refractivity contribution in [2.45, 2.75) is 6.92 Å². The number of hydrogen-bond donors (Lipinski definition) is 2. The largest absolute Gasteiger partial charge is 0.351 e. The van der Waals surface area contributed by atoms with E-state index in [2.05, 4.69) is 5.73 Å². The number of imide groups is 1. The number of carbonyl (C=O) groups is 2. The minimum Gasteiger partial charge on any atom is -0.351 e. The van der Waals surface area contributed by atoms with Crippen LogP contribution in [0.1, 0.15) is 6.92 Å². The summed E-state index contributed by atoms with van der Waals surface area (Å²) < 4.78 is 0. The normalized spacial score (nSPS) is 9.44. The quantitative estimate of drug-likeness (QED) is 0.478. The second-order valence-electron chi connectivity index (χ2n) is 1.35. The molecule has 0 saturated heterocycles. The van der Waals surface area contributed by atoms with Gasteiger partial charge in [-0.3, -0.25) is 10.1 Å². The van der Waals surface area contributed by atoms with Crippen LogP contribution in [0.3, 0.4) is 0 Å². The van der Waals surface area contributed by atoms with E-state index in [-0.39, 0.29) is 0 Å². The molecule has 9 heavy (non-hydrogen) atoms. The van der Waals surface area contributed by atoms with Crippen molar-refractivity contribution in [3.8, 4) is 0 Å². The van der Waals surface area contributed by atoms with Crippen LogP contribution in [0.15, 0.2) is 12.2 Å². The average Bonchev–Trinajstić information content (AvgIpc) is 1.63. The van der Waals surface area contributed by atoms with Crippen molar-refractivity contribution in [1.82, 2.24) is 5.32 Å². The molecule has 4 heteroatoms. The van der Waals surface area contributed by atoms with Gasteiger partial charge < -0.3 is 5.73 Å². The summed E-state index contributed by atoms with van der Waals surface area (Å²) in [6, 6.07) is -0.835. The lowest BCUT2D eigenvalue weighted by molar-refractivity contribution is -0.115. The summed E-state index contributed by atoms with van der Waals surface area (Å²) in [5.41, 5.74) is 4.62. The van der Waals surface area contributed by atoms with Gasteiger partial charge in [0.05, 0.1) is 0 Å². The molecule has 3 amide bonds. The first-order chi connectivity index (χ1) is 4.16. The lowest BCUT2D eigenvalue weighted by Crippen LogP contribution is -2.33. The Labute approximate surface area is 52.7 Å². The standard InChI is InChI=1S/C5H8N2O2/c1-2-3-4(8)7-5(6)9/h2-3H,1H3,(H3,6,7,8,9)/b3-2-. The van der Waals surface area contributed by atoms with Gasteiger partial charge in [-0.1, -0.05) is 6.08 Å². The van der Waals surface area contributed by atoms with Crippen molar-refractivity contribution in [3.63, 3.8) is 0 Å². The van der Waals surface area contributed by atoms with E-state index in [9.17, 15) is 9.59 Å². The Bertz CT molecular complexity index is 151. The number of nitrogens with two attached hydrogens (primary N) is 1. The van der Waals surface area contributed by atoms with E-state index in [4.69, 9.17) is 0 Å². The number of hydrogen-bond acceptors (Lipinski definition) is 2. The Morgan fingerprint density at radius 2 is 2.11 bits per heavy atom. The molecule has 0 fully saturated rings. The van der Waals surface area contributed by atoms with Crippen molar-refractivity contribution >= 4 is 11.9 Å². The van der Waals surface area contributed by atoms with Gasteiger partial charge in [0.15, 0.2) is 0 Å². The first-order valence-electron chi connectivity index (χ1n) is 2.40. The molecule has 0 unspecified atom stereocenters. The number of rotatable bonds is 1. The van der Waals surface area contributed by atoms with Crippen molar-refractivity contribution < 1.29 is 9.59 Å². The number of primary amides is 1. The highest BCUT2D eigenvalue weighted by Crippen LogP contribution is 1.69. The predicted molar refractivity (Wildman–Crippen MR) is 32.5 cm³/mol. The number of urea groups is 1. The summed E-state index contributed by atoms with van der Waals surface area (Å²) >= 11 is 0. The van der Waals surface area contributed by atoms with Gasteiger partial charge in [0, 0.05) is 0 Å². The fourth-order valence-electron chi connectivity index (χ4n) is 0.314. The highest BCUT2D eigenvalue weighted by atomic mass is 16.2. The summed E-state index contributed by atoms with van der Waals surface area (Å²) in [6.45, 7) is 1.67. The monoisotopic (exact) mass is 128 g/mol. The van der Waals surface area contributed by atoms with E-state index in [0.29, 0.717) is 0 Å². The highest BCUT2D eigenvalue weighted by Gasteiger charge is 1.95. The number of carbonyl (C=O) groups excluding carboxylic acids is 2. The average molecular weight is 128 g/mol. The van der Waals surface area contributed by atoms with Gasteiger partial charge >= 0.3 is 6.03 Å². The fraction of sp³-hybridized carbons (Fsp3) is 0.200. The van der Waals surface area contributed by atoms with Crippen LogP contribution < -0.4 is 11.1 Å². The first kappa shape index (κ1) is 7.68. The molecule has 0 rings (SSSR count). The van der Waals surface area contributed by atoms with Gasteiger partial charge in [0.25, 0.3) is 5.91 Å². The molecule has 0 aliphatic rings. The molecule has 0 aromatic rings. The smallest absolute Gasteiger partial charge is 0.319 e. The van der Waals surface area contributed by atoms with Crippen LogP contribution in [0.5, 0.6) is 0 Å². The predicted octanol–water partition coefficient (Wildman–Crippen LogP) is -0.243. The maximum absolute atomic E-state index is 10.4. The molecule has 0 bridgehead atoms. The fourth-order valence-corrected chi connectivity index (χ4v) is 0.314. The molecule has 0 heterocycles. The molecular formula is C5H8N2O2. The molecular weight excluding hydrogens is 120 g/mol. The zero-order chi connectivity index (χ0) is 7.28. The zero-order valence-electron chi connectivity index (χ0n) is 5.05. The van der Waals surface area contributed by atoms with Gasteiger partial charge in [-0.2, -0.15) is 0 Å². The maximum Gasteiger partial charge on any atom is 0.319 e. The number of nitrogens with one attached hydrogen (secondary N) is 1. The Balaban J connectivity index is 3.64. The molecule has 50 valence electrons. The van der Waals surface area contributed by atoms with Crippen molar-refractivity contribution in [1.29, 1.82) is 0 Å². The maximum atomic E-state index is 10.4. The molecule has 0 aliphatic carbocycles. The lowest BCUT2D eigenvalue weighted by atomic mass is 10.5. The molecule has 4 nitrogen and oxygen atoms in total. The second kappa shape index (κ2) is 3.65. The van der Waals surface area contributed by atoms with E-state index in [1.807, 2.05) is 5.32 Å². The third-order valence-corrected chi connectivity index (χ3v) is 0.564. The van der Waals surface area contributed by atoms with Crippen LogP contribution in [0.2, 0.25) is 0 Å². The van der Waals surface area contributed by atoms with Gasteiger partial charge in [-0.25, -0.2) is 4.79 Å². The molecule has 0 atom stereocenters. The Hall–Kier alpha value is -1.32. The molecule has 0 aromatic carbocycles. The third-order valence-electron chi connectivity index (χ3n) is 0.564. The number of amides is 3.